The van der Waals surface area contributed by atoms with Crippen LogP contribution in [0, 0.1) is 0 Å². The Hall–Kier alpha value is -2.88. The van der Waals surface area contributed by atoms with E-state index in [4.69, 9.17) is 9.47 Å². The Morgan fingerprint density at radius 1 is 1.04 bits per heavy atom. The van der Waals surface area contributed by atoms with Gasteiger partial charge in [0.1, 0.15) is 11.5 Å². The minimum atomic E-state index is -0.417. The minimum Gasteiger partial charge on any atom is -0.493 e. The van der Waals surface area contributed by atoms with Gasteiger partial charge in [-0.15, -0.1) is 0 Å². The fraction of sp³-hybridized carbons (Fsp3) is 0.158. The molecule has 23 heavy (non-hydrogen) atoms. The molecule has 3 rings (SSSR count). The van der Waals surface area contributed by atoms with E-state index in [0.717, 1.165) is 5.39 Å². The molecule has 0 aliphatic carbocycles. The standard InChI is InChI=1S/C19H16O4/c1-3-22-17-11-15(23-12(2)20)10-14-9-8-13-6-4-5-7-16(13)19(21)18(14)17/h4-11H,3H2,1-2H3. The maximum absolute atomic E-state index is 12.9. The zero-order chi connectivity index (χ0) is 16.4. The van der Waals surface area contributed by atoms with E-state index in [1.54, 1.807) is 18.2 Å². The number of rotatable bonds is 3. The Labute approximate surface area is 133 Å². The van der Waals surface area contributed by atoms with Crippen LogP contribution in [-0.2, 0) is 4.79 Å². The number of carbonyl (C=O) groups excluding carboxylic acids is 1. The monoisotopic (exact) mass is 308 g/mol. The van der Waals surface area contributed by atoms with Gasteiger partial charge in [0.05, 0.1) is 12.0 Å². The molecule has 0 heterocycles. The van der Waals surface area contributed by atoms with Crippen molar-refractivity contribution in [2.75, 3.05) is 6.61 Å². The zero-order valence-electron chi connectivity index (χ0n) is 13.0. The SMILES string of the molecule is CCOc1cc(OC(C)=O)cc2ccc3ccccc3c(=O)c12. The number of esters is 1. The molecular weight excluding hydrogens is 292 g/mol. The summed E-state index contributed by atoms with van der Waals surface area (Å²) in [6.07, 6.45) is 0. The first-order valence-corrected chi connectivity index (χ1v) is 7.41. The maximum Gasteiger partial charge on any atom is 0.308 e. The summed E-state index contributed by atoms with van der Waals surface area (Å²) in [4.78, 5) is 24.1. The van der Waals surface area contributed by atoms with Gasteiger partial charge in [-0.25, -0.2) is 0 Å². The molecule has 0 N–H and O–H groups in total. The number of fused-ring (bicyclic) bond motifs is 2. The van der Waals surface area contributed by atoms with E-state index in [1.807, 2.05) is 37.3 Å². The summed E-state index contributed by atoms with van der Waals surface area (Å²) in [6, 6.07) is 14.4. The summed E-state index contributed by atoms with van der Waals surface area (Å²) < 4.78 is 10.8. The van der Waals surface area contributed by atoms with E-state index >= 15 is 0 Å². The second kappa shape index (κ2) is 6.08. The van der Waals surface area contributed by atoms with E-state index < -0.39 is 5.97 Å². The molecular formula is C19H16O4. The lowest BCUT2D eigenvalue weighted by Gasteiger charge is -2.08. The van der Waals surface area contributed by atoms with E-state index in [0.29, 0.717) is 34.3 Å². The fourth-order valence-electron chi connectivity index (χ4n) is 2.64. The lowest BCUT2D eigenvalue weighted by molar-refractivity contribution is -0.131. The Balaban J connectivity index is 2.42. The normalized spacial score (nSPS) is 10.7. The van der Waals surface area contributed by atoms with Crippen LogP contribution < -0.4 is 14.9 Å². The van der Waals surface area contributed by atoms with Gasteiger partial charge in [-0.2, -0.15) is 0 Å². The van der Waals surface area contributed by atoms with Crippen LogP contribution in [0.5, 0.6) is 11.5 Å². The van der Waals surface area contributed by atoms with Gasteiger partial charge in [0.2, 0.25) is 0 Å². The highest BCUT2D eigenvalue weighted by Crippen LogP contribution is 2.30. The molecule has 0 saturated heterocycles. The maximum atomic E-state index is 12.9. The molecule has 0 unspecified atom stereocenters. The van der Waals surface area contributed by atoms with Crippen molar-refractivity contribution < 1.29 is 14.3 Å². The third kappa shape index (κ3) is 2.88. The van der Waals surface area contributed by atoms with Crippen molar-refractivity contribution in [2.45, 2.75) is 13.8 Å². The van der Waals surface area contributed by atoms with Gasteiger partial charge in [-0.3, -0.25) is 9.59 Å². The van der Waals surface area contributed by atoms with Gasteiger partial charge in [0, 0.05) is 18.4 Å². The third-order valence-electron chi connectivity index (χ3n) is 3.54. The van der Waals surface area contributed by atoms with Crippen molar-refractivity contribution in [3.05, 3.63) is 58.8 Å². The Kier molecular flexibility index (Phi) is 3.98. The Morgan fingerprint density at radius 2 is 1.78 bits per heavy atom. The highest BCUT2D eigenvalue weighted by atomic mass is 16.5. The second-order valence-corrected chi connectivity index (χ2v) is 5.16. The fourth-order valence-corrected chi connectivity index (χ4v) is 2.64. The average molecular weight is 308 g/mol. The van der Waals surface area contributed by atoms with Gasteiger partial charge in [-0.1, -0.05) is 36.4 Å². The van der Waals surface area contributed by atoms with Gasteiger partial charge in [0.15, 0.2) is 5.43 Å². The number of hydrogen-bond donors (Lipinski definition) is 0. The van der Waals surface area contributed by atoms with Crippen LogP contribution in [0.3, 0.4) is 0 Å². The summed E-state index contributed by atoms with van der Waals surface area (Å²) in [6.45, 7) is 3.59. The van der Waals surface area contributed by atoms with Gasteiger partial charge >= 0.3 is 5.97 Å². The van der Waals surface area contributed by atoms with Gasteiger partial charge < -0.3 is 9.47 Å². The lowest BCUT2D eigenvalue weighted by atomic mass is 10.1. The van der Waals surface area contributed by atoms with Gasteiger partial charge in [0.25, 0.3) is 0 Å². The second-order valence-electron chi connectivity index (χ2n) is 5.16. The number of carbonyl (C=O) groups is 1. The summed E-state index contributed by atoms with van der Waals surface area (Å²) in [5, 5.41) is 2.64. The van der Waals surface area contributed by atoms with Crippen LogP contribution in [0.25, 0.3) is 21.5 Å². The number of hydrogen-bond acceptors (Lipinski definition) is 4. The largest absolute Gasteiger partial charge is 0.493 e. The van der Waals surface area contributed by atoms with Crippen molar-refractivity contribution in [3.8, 4) is 11.5 Å². The first kappa shape index (κ1) is 15.0. The first-order chi connectivity index (χ1) is 11.1. The topological polar surface area (TPSA) is 52.6 Å². The molecule has 3 aromatic rings. The van der Waals surface area contributed by atoms with Crippen molar-refractivity contribution in [1.29, 1.82) is 0 Å². The molecule has 0 aliphatic heterocycles. The van der Waals surface area contributed by atoms with Crippen LogP contribution in [0.15, 0.2) is 53.3 Å². The minimum absolute atomic E-state index is 0.0987. The molecule has 0 atom stereocenters. The van der Waals surface area contributed by atoms with Crippen LogP contribution in [0.2, 0.25) is 0 Å². The highest BCUT2D eigenvalue weighted by Gasteiger charge is 2.12. The number of benzene rings is 2. The Bertz CT molecular complexity index is 960. The zero-order valence-corrected chi connectivity index (χ0v) is 13.0. The molecule has 116 valence electrons. The van der Waals surface area contributed by atoms with E-state index in [2.05, 4.69) is 0 Å². The molecule has 4 heteroatoms. The molecule has 0 radical (unpaired) electrons. The predicted molar refractivity (Wildman–Crippen MR) is 90.2 cm³/mol. The van der Waals surface area contributed by atoms with Crippen LogP contribution in [0.4, 0.5) is 0 Å². The molecule has 0 aliphatic rings. The molecule has 0 spiro atoms. The Morgan fingerprint density at radius 3 is 2.52 bits per heavy atom. The van der Waals surface area contributed by atoms with Crippen molar-refractivity contribution in [2.24, 2.45) is 0 Å². The quantitative estimate of drug-likeness (QED) is 0.547. The molecule has 0 saturated carbocycles. The molecule has 0 amide bonds. The van der Waals surface area contributed by atoms with E-state index in [1.165, 1.54) is 6.92 Å². The smallest absolute Gasteiger partial charge is 0.308 e. The molecule has 0 aromatic heterocycles. The first-order valence-electron chi connectivity index (χ1n) is 7.41. The van der Waals surface area contributed by atoms with Crippen LogP contribution >= 0.6 is 0 Å². The van der Waals surface area contributed by atoms with E-state index in [-0.39, 0.29) is 5.43 Å². The summed E-state index contributed by atoms with van der Waals surface area (Å²) in [5.41, 5.74) is -0.0987. The lowest BCUT2D eigenvalue weighted by Crippen LogP contribution is -2.05. The van der Waals surface area contributed by atoms with Crippen LogP contribution in [0.1, 0.15) is 13.8 Å². The summed E-state index contributed by atoms with van der Waals surface area (Å²) in [5.74, 6) is 0.371. The van der Waals surface area contributed by atoms with Crippen molar-refractivity contribution in [3.63, 3.8) is 0 Å². The predicted octanol–water partition coefficient (Wildman–Crippen LogP) is 3.68. The van der Waals surface area contributed by atoms with E-state index in [9.17, 15) is 9.59 Å². The molecule has 0 fully saturated rings. The average Bonchev–Trinajstić information content (AvgIpc) is 2.65. The summed E-state index contributed by atoms with van der Waals surface area (Å²) >= 11 is 0. The van der Waals surface area contributed by atoms with Crippen molar-refractivity contribution in [1.82, 2.24) is 0 Å². The summed E-state index contributed by atoms with van der Waals surface area (Å²) in [7, 11) is 0. The molecule has 0 bridgehead atoms. The van der Waals surface area contributed by atoms with Crippen LogP contribution in [-0.4, -0.2) is 12.6 Å². The highest BCUT2D eigenvalue weighted by molar-refractivity contribution is 5.97. The van der Waals surface area contributed by atoms with Gasteiger partial charge in [-0.05, 0) is 23.8 Å². The molecule has 3 aromatic carbocycles. The molecule has 4 nitrogen and oxygen atoms in total. The number of ether oxygens (including phenoxy) is 2. The third-order valence-corrected chi connectivity index (χ3v) is 3.54. The van der Waals surface area contributed by atoms with Crippen molar-refractivity contribution >= 4 is 27.5 Å².